The van der Waals surface area contributed by atoms with E-state index in [0.717, 1.165) is 30.3 Å². The maximum atomic E-state index is 12.8. The van der Waals surface area contributed by atoms with Gasteiger partial charge in [0.1, 0.15) is 58.7 Å². The van der Waals surface area contributed by atoms with E-state index >= 15 is 0 Å². The Morgan fingerprint density at radius 3 is 1.98 bits per heavy atom. The van der Waals surface area contributed by atoms with E-state index in [-0.39, 0.29) is 22.3 Å². The molecule has 45 heavy (non-hydrogen) atoms. The largest absolute Gasteiger partial charge is 0.507 e. The van der Waals surface area contributed by atoms with Crippen molar-refractivity contribution in [2.75, 3.05) is 0 Å². The van der Waals surface area contributed by atoms with Gasteiger partial charge in [-0.1, -0.05) is 0 Å². The van der Waals surface area contributed by atoms with Crippen molar-refractivity contribution in [3.63, 3.8) is 0 Å². The molecule has 3 heterocycles. The fraction of sp³-hybridized carbons (Fsp3) is 0.370. The lowest BCUT2D eigenvalue weighted by Crippen LogP contribution is -2.66. The van der Waals surface area contributed by atoms with Gasteiger partial charge >= 0.3 is 11.9 Å². The Kier molecular flexibility index (Phi) is 8.58. The van der Waals surface area contributed by atoms with Crippen molar-refractivity contribution in [3.8, 4) is 34.3 Å². The van der Waals surface area contributed by atoms with E-state index in [0.29, 0.717) is 0 Å². The Morgan fingerprint density at radius 2 is 1.36 bits per heavy atom. The number of rotatable bonds is 7. The molecule has 10 atom stereocenters. The standard InChI is InChI=1S/C27H25O18/c28-9-2-1-7(3-10(9)29)13-6-12(31)15-11(30)4-8(5-14(15)42-13)41-27-23(19(35)18(34)22(44-27)25(39)40)45-26-20(36)16(32)17(33)21(43-26)24(37)38/h1-6,16-23,26-27,29-30,32-36H,(H,37,38)(H,39,40)/t16-,17-,18-,19-,20+,21-,22-,23+,26-,27?/m0/s1. The zero-order valence-corrected chi connectivity index (χ0v) is 22.4. The summed E-state index contributed by atoms with van der Waals surface area (Å²) in [4.78, 5) is 36.0. The molecule has 0 amide bonds. The number of hydrogen-bond donors (Lipinski definition) is 9. The number of benzene rings is 2. The topological polar surface area (TPSA) is 303 Å². The van der Waals surface area contributed by atoms with E-state index in [1.807, 2.05) is 0 Å². The number of aliphatic hydroxyl groups excluding tert-OH is 5. The summed E-state index contributed by atoms with van der Waals surface area (Å²) in [6.07, 6.45) is -21.1. The fourth-order valence-electron chi connectivity index (χ4n) is 4.86. The number of carboxylic acid groups (broad SMARTS) is 2. The van der Waals surface area contributed by atoms with E-state index in [1.165, 1.54) is 6.07 Å². The summed E-state index contributed by atoms with van der Waals surface area (Å²) in [5.74, 6) is -6.07. The van der Waals surface area contributed by atoms with Gasteiger partial charge in [0.25, 0.3) is 0 Å². The van der Waals surface area contributed by atoms with Gasteiger partial charge in [-0.15, -0.1) is 0 Å². The van der Waals surface area contributed by atoms with Crippen molar-refractivity contribution in [1.29, 1.82) is 0 Å². The lowest BCUT2D eigenvalue weighted by Gasteiger charge is -2.44. The van der Waals surface area contributed by atoms with Crippen molar-refractivity contribution in [2.45, 2.75) is 61.4 Å². The number of carbonyl (C=O) groups is 2. The highest BCUT2D eigenvalue weighted by Crippen LogP contribution is 2.36. The van der Waals surface area contributed by atoms with E-state index < -0.39 is 102 Å². The molecule has 2 fully saturated rings. The van der Waals surface area contributed by atoms with Gasteiger partial charge in [-0.3, -0.25) is 9.90 Å². The van der Waals surface area contributed by atoms with E-state index in [9.17, 15) is 65.4 Å². The van der Waals surface area contributed by atoms with Gasteiger partial charge < -0.3 is 69.3 Å². The first-order chi connectivity index (χ1) is 21.2. The van der Waals surface area contributed by atoms with Crippen molar-refractivity contribution in [2.24, 2.45) is 0 Å². The lowest BCUT2D eigenvalue weighted by atomic mass is 9.97. The minimum Gasteiger partial charge on any atom is -0.507 e. The number of aliphatic hydroxyl groups is 5. The summed E-state index contributed by atoms with van der Waals surface area (Å²) in [7, 11) is 0. The van der Waals surface area contributed by atoms with Crippen molar-refractivity contribution < 1.29 is 84.0 Å². The van der Waals surface area contributed by atoms with Gasteiger partial charge in [0.15, 0.2) is 35.8 Å². The molecule has 3 aromatic rings. The lowest BCUT2D eigenvalue weighted by molar-refractivity contribution is -0.350. The molecule has 0 aliphatic carbocycles. The molecule has 241 valence electrons. The van der Waals surface area contributed by atoms with Crippen LogP contribution >= 0.6 is 0 Å². The number of aromatic hydroxyl groups is 2. The second-order valence-electron chi connectivity index (χ2n) is 10.2. The minimum atomic E-state index is -2.18. The van der Waals surface area contributed by atoms with Gasteiger partial charge in [0.05, 0.1) is 0 Å². The molecule has 2 saturated heterocycles. The molecule has 18 nitrogen and oxygen atoms in total. The molecule has 0 saturated carbocycles. The molecule has 0 bridgehead atoms. The highest BCUT2D eigenvalue weighted by Gasteiger charge is 2.54. The van der Waals surface area contributed by atoms with Crippen LogP contribution in [-0.2, 0) is 28.9 Å². The van der Waals surface area contributed by atoms with Crippen LogP contribution in [0.3, 0.4) is 0 Å². The van der Waals surface area contributed by atoms with Gasteiger partial charge in [0, 0.05) is 23.8 Å². The maximum Gasteiger partial charge on any atom is 0.335 e. The van der Waals surface area contributed by atoms with Crippen LogP contribution in [-0.4, -0.2) is 119 Å². The van der Waals surface area contributed by atoms with Crippen LogP contribution in [0.15, 0.2) is 45.6 Å². The monoisotopic (exact) mass is 637 g/mol. The number of hydrogen-bond acceptors (Lipinski definition) is 15. The minimum absolute atomic E-state index is 0.111. The Hall–Kier alpha value is -4.53. The average molecular weight is 637 g/mol. The highest BCUT2D eigenvalue weighted by molar-refractivity contribution is 5.86. The molecule has 2 aromatic carbocycles. The number of phenols is 2. The smallest absolute Gasteiger partial charge is 0.335 e. The van der Waals surface area contributed by atoms with Gasteiger partial charge in [-0.05, 0) is 18.2 Å². The van der Waals surface area contributed by atoms with Crippen molar-refractivity contribution in [3.05, 3.63) is 46.6 Å². The molecule has 1 radical (unpaired) electrons. The third-order valence-corrected chi connectivity index (χ3v) is 7.17. The summed E-state index contributed by atoms with van der Waals surface area (Å²) in [5.41, 5.74) is -0.951. The number of fused-ring (bicyclic) bond motifs is 1. The van der Waals surface area contributed by atoms with Crippen LogP contribution in [0.4, 0.5) is 0 Å². The van der Waals surface area contributed by atoms with Crippen LogP contribution in [0, 0.1) is 0 Å². The van der Waals surface area contributed by atoms with Gasteiger partial charge in [-0.25, -0.2) is 9.59 Å². The SMILES string of the molecule is [O]c1ccc(-c2cc(=O)c3c(O)cc(OC4O[C@H](C(=O)O)[C@@H](O)[C@H](O)[C@H]4O[C@@H]4O[C@H](C(=O)O)[C@@H](O)[C@H](O)[C@H]4O)cc3o2)cc1O. The molecule has 1 unspecified atom stereocenters. The number of phenolic OH excluding ortho intramolecular Hbond substituents is 2. The zero-order valence-electron chi connectivity index (χ0n) is 22.4. The quantitative estimate of drug-likeness (QED) is 0.138. The summed E-state index contributed by atoms with van der Waals surface area (Å²) < 4.78 is 27.1. The van der Waals surface area contributed by atoms with Gasteiger partial charge in [0.2, 0.25) is 12.0 Å². The second-order valence-corrected chi connectivity index (χ2v) is 10.2. The maximum absolute atomic E-state index is 12.8. The average Bonchev–Trinajstić information content (AvgIpc) is 2.97. The predicted octanol–water partition coefficient (Wildman–Crippen LogP) is -1.80. The molecule has 0 spiro atoms. The predicted molar refractivity (Wildman–Crippen MR) is 140 cm³/mol. The third-order valence-electron chi connectivity index (χ3n) is 7.17. The molecule has 5 rings (SSSR count). The summed E-state index contributed by atoms with van der Waals surface area (Å²) in [5, 5.41) is 102. The Labute approximate surface area is 249 Å². The van der Waals surface area contributed by atoms with Crippen molar-refractivity contribution in [1.82, 2.24) is 0 Å². The Bertz CT molecular complexity index is 1670. The molecule has 18 heteroatoms. The molecule has 2 aliphatic rings. The fourth-order valence-corrected chi connectivity index (χ4v) is 4.86. The van der Waals surface area contributed by atoms with Gasteiger partial charge in [-0.2, -0.15) is 0 Å². The second kappa shape index (κ2) is 12.1. The molecule has 9 N–H and O–H groups in total. The van der Waals surface area contributed by atoms with Crippen LogP contribution in [0.2, 0.25) is 0 Å². The van der Waals surface area contributed by atoms with E-state index in [2.05, 4.69) is 0 Å². The first-order valence-electron chi connectivity index (χ1n) is 13.0. The third kappa shape index (κ3) is 5.95. The van der Waals surface area contributed by atoms with Crippen LogP contribution in [0.5, 0.6) is 23.0 Å². The van der Waals surface area contributed by atoms with Crippen LogP contribution in [0.1, 0.15) is 0 Å². The van der Waals surface area contributed by atoms with E-state index in [1.54, 1.807) is 0 Å². The molecular weight excluding hydrogens is 612 g/mol. The van der Waals surface area contributed by atoms with E-state index in [4.69, 9.17) is 23.4 Å². The molecular formula is C27H25O18. The number of carboxylic acids is 2. The van der Waals surface area contributed by atoms with Crippen LogP contribution in [0.25, 0.3) is 22.3 Å². The first kappa shape index (κ1) is 31.9. The van der Waals surface area contributed by atoms with Crippen molar-refractivity contribution >= 4 is 22.9 Å². The first-order valence-corrected chi connectivity index (χ1v) is 13.0. The molecule has 2 aliphatic heterocycles. The highest BCUT2D eigenvalue weighted by atomic mass is 16.8. The van der Waals surface area contributed by atoms with Crippen LogP contribution < -0.4 is 10.2 Å². The summed E-state index contributed by atoms with van der Waals surface area (Å²) >= 11 is 0. The number of ether oxygens (including phenoxy) is 4. The Morgan fingerprint density at radius 1 is 0.733 bits per heavy atom. The Balaban J connectivity index is 1.51. The summed E-state index contributed by atoms with van der Waals surface area (Å²) in [6, 6.07) is 6.23. The number of aliphatic carboxylic acids is 2. The zero-order chi connectivity index (χ0) is 32.9. The molecule has 1 aromatic heterocycles. The summed E-state index contributed by atoms with van der Waals surface area (Å²) in [6.45, 7) is 0. The normalized spacial score (nSPS) is 31.8.